The van der Waals surface area contributed by atoms with Crippen molar-refractivity contribution in [3.63, 3.8) is 0 Å². The van der Waals surface area contributed by atoms with Crippen molar-refractivity contribution in [3.8, 4) is 11.1 Å². The highest BCUT2D eigenvalue weighted by atomic mass is 19.1. The van der Waals surface area contributed by atoms with Gasteiger partial charge in [-0.2, -0.15) is 0 Å². The highest BCUT2D eigenvalue weighted by molar-refractivity contribution is 5.83. The number of hydrogen-bond acceptors (Lipinski definition) is 1. The molecule has 0 N–H and O–H groups in total. The van der Waals surface area contributed by atoms with Crippen molar-refractivity contribution < 1.29 is 4.39 Å². The lowest BCUT2D eigenvalue weighted by Crippen LogP contribution is -2.27. The Morgan fingerprint density at radius 3 is 2.30 bits per heavy atom. The lowest BCUT2D eigenvalue weighted by molar-refractivity contribution is 0.342. The molecule has 0 unspecified atom stereocenters. The van der Waals surface area contributed by atoms with E-state index in [9.17, 15) is 4.79 Å². The van der Waals surface area contributed by atoms with E-state index in [1.165, 1.54) is 4.57 Å². The van der Waals surface area contributed by atoms with Crippen LogP contribution in [0.25, 0.3) is 22.2 Å². The van der Waals surface area contributed by atoms with E-state index < -0.39 is 0 Å². The molecule has 3 rings (SSSR count). The van der Waals surface area contributed by atoms with Gasteiger partial charge in [-0.1, -0.05) is 51.1 Å². The van der Waals surface area contributed by atoms with Crippen LogP contribution in [0.15, 0.2) is 47.3 Å². The second kappa shape index (κ2) is 5.37. The number of benzene rings is 2. The minimum absolute atomic E-state index is 0.0628. The zero-order chi connectivity index (χ0) is 16.8. The first-order valence-electron chi connectivity index (χ1n) is 7.73. The highest BCUT2D eigenvalue weighted by Crippen LogP contribution is 2.29. The number of aryl methyl sites for hydroxylation is 1. The molecule has 0 aliphatic heterocycles. The fourth-order valence-corrected chi connectivity index (χ4v) is 2.94. The van der Waals surface area contributed by atoms with E-state index in [1.54, 1.807) is 17.7 Å². The fraction of sp³-hybridized carbons (Fsp3) is 0.316. The molecule has 0 aliphatic rings. The smallest absolute Gasteiger partial charge is 0.292 e. The van der Waals surface area contributed by atoms with Crippen molar-refractivity contribution in [2.45, 2.75) is 27.3 Å². The van der Waals surface area contributed by atoms with Crippen LogP contribution in [0, 0.1) is 11.2 Å². The first-order chi connectivity index (χ1) is 10.8. The number of nitrogens with zero attached hydrogens (tertiary/aromatic N) is 2. The van der Waals surface area contributed by atoms with Crippen LogP contribution in [0.3, 0.4) is 0 Å². The Hall–Kier alpha value is -2.36. The molecule has 0 amide bonds. The van der Waals surface area contributed by atoms with E-state index in [4.69, 9.17) is 0 Å². The summed E-state index contributed by atoms with van der Waals surface area (Å²) in [6, 6.07) is 13.0. The topological polar surface area (TPSA) is 26.9 Å². The summed E-state index contributed by atoms with van der Waals surface area (Å²) in [5.41, 5.74) is 2.08. The number of rotatable bonds is 2. The molecule has 1 aromatic heterocycles. The van der Waals surface area contributed by atoms with Gasteiger partial charge in [-0.05, 0) is 23.1 Å². The minimum atomic E-state index is -0.346. The summed E-state index contributed by atoms with van der Waals surface area (Å²) < 4.78 is 18.1. The van der Waals surface area contributed by atoms with Gasteiger partial charge in [0.05, 0.1) is 5.52 Å². The predicted molar refractivity (Wildman–Crippen MR) is 92.0 cm³/mol. The Kier molecular flexibility index (Phi) is 3.63. The van der Waals surface area contributed by atoms with Crippen LogP contribution in [0.1, 0.15) is 20.8 Å². The van der Waals surface area contributed by atoms with Crippen LogP contribution < -0.4 is 5.69 Å². The fourth-order valence-electron chi connectivity index (χ4n) is 2.94. The molecule has 0 radical (unpaired) electrons. The van der Waals surface area contributed by atoms with Crippen molar-refractivity contribution in [1.82, 2.24) is 9.13 Å². The highest BCUT2D eigenvalue weighted by Gasteiger charge is 2.21. The van der Waals surface area contributed by atoms with Gasteiger partial charge in [0.1, 0.15) is 5.52 Å². The summed E-state index contributed by atoms with van der Waals surface area (Å²) in [6.45, 7) is 6.74. The number of hydrogen-bond donors (Lipinski definition) is 0. The predicted octanol–water partition coefficient (Wildman–Crippen LogP) is 4.19. The standard InChI is InChI=1S/C19H21FN2O/c1-19(2,3)12-22-15-11-10-14(13-8-6-5-7-9-13)16(20)17(15)21(4)18(22)23/h5-11H,12H2,1-4H3. The molecular weight excluding hydrogens is 291 g/mol. The van der Waals surface area contributed by atoms with Gasteiger partial charge < -0.3 is 0 Å². The van der Waals surface area contributed by atoms with Gasteiger partial charge in [-0.3, -0.25) is 9.13 Å². The molecule has 0 fully saturated rings. The zero-order valence-electron chi connectivity index (χ0n) is 13.9. The SMILES string of the molecule is Cn1c(=O)n(CC(C)(C)C)c2ccc(-c3ccccc3)c(F)c21. The normalized spacial score (nSPS) is 12.0. The molecule has 120 valence electrons. The number of halogens is 1. The second-order valence-electron chi connectivity index (χ2n) is 7.15. The number of fused-ring (bicyclic) bond motifs is 1. The van der Waals surface area contributed by atoms with E-state index in [1.807, 2.05) is 36.4 Å². The molecule has 1 heterocycles. The third kappa shape index (κ3) is 2.69. The Labute approximate surface area is 135 Å². The van der Waals surface area contributed by atoms with Crippen molar-refractivity contribution in [2.75, 3.05) is 0 Å². The third-order valence-electron chi connectivity index (χ3n) is 3.96. The van der Waals surface area contributed by atoms with Crippen molar-refractivity contribution in [1.29, 1.82) is 0 Å². The van der Waals surface area contributed by atoms with E-state index in [0.717, 1.165) is 5.56 Å². The lowest BCUT2D eigenvalue weighted by atomic mass is 9.97. The summed E-state index contributed by atoms with van der Waals surface area (Å²) in [5, 5.41) is 0. The molecule has 0 spiro atoms. The van der Waals surface area contributed by atoms with Crippen LogP contribution in [0.2, 0.25) is 0 Å². The molecule has 3 nitrogen and oxygen atoms in total. The number of imidazole rings is 1. The van der Waals surface area contributed by atoms with Crippen LogP contribution in [0.4, 0.5) is 4.39 Å². The minimum Gasteiger partial charge on any atom is -0.292 e. The Bertz CT molecular complexity index is 914. The average molecular weight is 312 g/mol. The van der Waals surface area contributed by atoms with Crippen molar-refractivity contribution >= 4 is 11.0 Å². The molecule has 0 aliphatic carbocycles. The maximum absolute atomic E-state index is 15.1. The van der Waals surface area contributed by atoms with Crippen LogP contribution in [-0.4, -0.2) is 9.13 Å². The molecule has 4 heteroatoms. The molecule has 0 atom stereocenters. The zero-order valence-corrected chi connectivity index (χ0v) is 13.9. The van der Waals surface area contributed by atoms with E-state index in [2.05, 4.69) is 20.8 Å². The van der Waals surface area contributed by atoms with Crippen LogP contribution in [-0.2, 0) is 13.6 Å². The summed E-state index contributed by atoms with van der Waals surface area (Å²) >= 11 is 0. The van der Waals surface area contributed by atoms with Crippen LogP contribution >= 0.6 is 0 Å². The second-order valence-corrected chi connectivity index (χ2v) is 7.15. The van der Waals surface area contributed by atoms with Gasteiger partial charge in [0.2, 0.25) is 0 Å². The Balaban J connectivity index is 2.28. The van der Waals surface area contributed by atoms with Gasteiger partial charge >= 0.3 is 5.69 Å². The molecule has 0 bridgehead atoms. The summed E-state index contributed by atoms with van der Waals surface area (Å²) in [5.74, 6) is -0.346. The first kappa shape index (κ1) is 15.5. The molecule has 3 aromatic rings. The third-order valence-corrected chi connectivity index (χ3v) is 3.96. The van der Waals surface area contributed by atoms with Crippen LogP contribution in [0.5, 0.6) is 0 Å². The van der Waals surface area contributed by atoms with E-state index >= 15 is 4.39 Å². The van der Waals surface area contributed by atoms with Gasteiger partial charge in [0, 0.05) is 19.2 Å². The van der Waals surface area contributed by atoms with Gasteiger partial charge in [-0.15, -0.1) is 0 Å². The van der Waals surface area contributed by atoms with Gasteiger partial charge in [-0.25, -0.2) is 9.18 Å². The molecule has 0 saturated heterocycles. The Morgan fingerprint density at radius 2 is 1.70 bits per heavy atom. The summed E-state index contributed by atoms with van der Waals surface area (Å²) in [6.07, 6.45) is 0. The van der Waals surface area contributed by atoms with E-state index in [-0.39, 0.29) is 16.9 Å². The summed E-state index contributed by atoms with van der Waals surface area (Å²) in [4.78, 5) is 12.5. The molecule has 23 heavy (non-hydrogen) atoms. The average Bonchev–Trinajstić information content (AvgIpc) is 2.73. The van der Waals surface area contributed by atoms with Crippen molar-refractivity contribution in [2.24, 2.45) is 12.5 Å². The Morgan fingerprint density at radius 1 is 1.04 bits per heavy atom. The molecular formula is C19H21FN2O. The largest absolute Gasteiger partial charge is 0.328 e. The quantitative estimate of drug-likeness (QED) is 0.697. The van der Waals surface area contributed by atoms with Crippen molar-refractivity contribution in [3.05, 3.63) is 58.8 Å². The molecule has 0 saturated carbocycles. The monoisotopic (exact) mass is 312 g/mol. The maximum atomic E-state index is 15.1. The van der Waals surface area contributed by atoms with Gasteiger partial charge in [0.25, 0.3) is 0 Å². The van der Waals surface area contributed by atoms with E-state index in [0.29, 0.717) is 23.1 Å². The lowest BCUT2D eigenvalue weighted by Gasteiger charge is -2.18. The summed E-state index contributed by atoms with van der Waals surface area (Å²) in [7, 11) is 1.63. The first-order valence-corrected chi connectivity index (χ1v) is 7.73. The number of aromatic nitrogens is 2. The molecule has 2 aromatic carbocycles. The van der Waals surface area contributed by atoms with Gasteiger partial charge in [0.15, 0.2) is 5.82 Å². The maximum Gasteiger partial charge on any atom is 0.328 e.